The Hall–Kier alpha value is -1.27. The Morgan fingerprint density at radius 2 is 2.17 bits per heavy atom. The number of benzene rings is 1. The number of nitrogens with one attached hydrogen (secondary N) is 2. The fraction of sp³-hybridized carbons (Fsp3) is 0.588. The quantitative estimate of drug-likeness (QED) is 0.363. The van der Waals surface area contributed by atoms with Crippen LogP contribution < -0.4 is 10.6 Å². The van der Waals surface area contributed by atoms with Crippen LogP contribution in [-0.4, -0.2) is 43.6 Å². The maximum absolute atomic E-state index is 12.8. The second kappa shape index (κ2) is 8.02. The van der Waals surface area contributed by atoms with Crippen molar-refractivity contribution in [3.8, 4) is 0 Å². The molecule has 4 nitrogen and oxygen atoms in total. The molecule has 2 saturated heterocycles. The zero-order valence-corrected chi connectivity index (χ0v) is 14.2. The second-order valence-corrected chi connectivity index (χ2v) is 7.18. The van der Waals surface area contributed by atoms with Crippen LogP contribution in [0.15, 0.2) is 34.2 Å². The lowest BCUT2D eigenvalue weighted by Crippen LogP contribution is -2.47. The standard InChI is InChI=1S/C17H24FN3OS/c1-19-17(21-15-11-13-5-8-16(15)22-13)20-9-2-10-23-14-6-3-12(18)4-7-14/h3-4,6-7,13,15-16H,2,5,8-11H2,1H3,(H2,19,20,21). The molecular weight excluding hydrogens is 313 g/mol. The molecule has 2 heterocycles. The third-order valence-electron chi connectivity index (χ3n) is 4.35. The first-order valence-electron chi connectivity index (χ1n) is 8.25. The van der Waals surface area contributed by atoms with Gasteiger partial charge in [-0.2, -0.15) is 0 Å². The van der Waals surface area contributed by atoms with Gasteiger partial charge in [-0.1, -0.05) is 0 Å². The van der Waals surface area contributed by atoms with Gasteiger partial charge in [0.15, 0.2) is 5.96 Å². The summed E-state index contributed by atoms with van der Waals surface area (Å²) in [5.74, 6) is 1.67. The number of guanidine groups is 1. The molecule has 0 amide bonds. The van der Waals surface area contributed by atoms with Crippen molar-refractivity contribution in [3.63, 3.8) is 0 Å². The lowest BCUT2D eigenvalue weighted by atomic mass is 9.96. The molecule has 1 aromatic carbocycles. The molecule has 0 saturated carbocycles. The highest BCUT2D eigenvalue weighted by molar-refractivity contribution is 7.99. The Morgan fingerprint density at radius 3 is 2.83 bits per heavy atom. The first-order chi connectivity index (χ1) is 11.2. The molecule has 2 aliphatic rings. The number of hydrogen-bond donors (Lipinski definition) is 2. The van der Waals surface area contributed by atoms with Crippen molar-refractivity contribution in [2.75, 3.05) is 19.3 Å². The Labute approximate surface area is 141 Å². The summed E-state index contributed by atoms with van der Waals surface area (Å²) < 4.78 is 18.7. The third kappa shape index (κ3) is 4.61. The number of nitrogens with zero attached hydrogens (tertiary/aromatic N) is 1. The van der Waals surface area contributed by atoms with Crippen molar-refractivity contribution >= 4 is 17.7 Å². The number of fused-ring (bicyclic) bond motifs is 2. The molecule has 3 rings (SSSR count). The SMILES string of the molecule is CN=C(NCCCSc1ccc(F)cc1)NC1CC2CCC1O2. The minimum Gasteiger partial charge on any atom is -0.373 e. The van der Waals surface area contributed by atoms with E-state index in [1.807, 2.05) is 12.1 Å². The van der Waals surface area contributed by atoms with Crippen LogP contribution in [0.1, 0.15) is 25.7 Å². The van der Waals surface area contributed by atoms with Gasteiger partial charge in [-0.25, -0.2) is 4.39 Å². The van der Waals surface area contributed by atoms with Gasteiger partial charge >= 0.3 is 0 Å². The summed E-state index contributed by atoms with van der Waals surface area (Å²) in [5.41, 5.74) is 0. The van der Waals surface area contributed by atoms with E-state index in [9.17, 15) is 4.39 Å². The van der Waals surface area contributed by atoms with Crippen molar-refractivity contribution in [1.82, 2.24) is 10.6 Å². The summed E-state index contributed by atoms with van der Waals surface area (Å²) in [6.07, 6.45) is 5.28. The predicted octanol–water partition coefficient (Wildman–Crippen LogP) is 2.79. The average molecular weight is 337 g/mol. The molecule has 23 heavy (non-hydrogen) atoms. The molecule has 2 N–H and O–H groups in total. The van der Waals surface area contributed by atoms with Gasteiger partial charge in [-0.05, 0) is 55.7 Å². The van der Waals surface area contributed by atoms with Crippen LogP contribution >= 0.6 is 11.8 Å². The molecule has 0 aliphatic carbocycles. The lowest BCUT2D eigenvalue weighted by molar-refractivity contribution is 0.0992. The Bertz CT molecular complexity index is 537. The van der Waals surface area contributed by atoms with E-state index in [-0.39, 0.29) is 5.82 Å². The van der Waals surface area contributed by atoms with E-state index in [1.165, 1.54) is 18.6 Å². The molecular formula is C17H24FN3OS. The molecule has 0 aromatic heterocycles. The van der Waals surface area contributed by atoms with Crippen LogP contribution in [0.4, 0.5) is 4.39 Å². The highest BCUT2D eigenvalue weighted by atomic mass is 32.2. The van der Waals surface area contributed by atoms with Crippen molar-refractivity contribution in [2.45, 2.75) is 48.8 Å². The van der Waals surface area contributed by atoms with Gasteiger partial charge in [0.05, 0.1) is 18.2 Å². The van der Waals surface area contributed by atoms with E-state index < -0.39 is 0 Å². The minimum absolute atomic E-state index is 0.185. The van der Waals surface area contributed by atoms with Gasteiger partial charge in [0, 0.05) is 18.5 Å². The first kappa shape index (κ1) is 16.6. The van der Waals surface area contributed by atoms with E-state index in [0.29, 0.717) is 18.2 Å². The normalized spacial score (nSPS) is 26.5. The zero-order valence-electron chi connectivity index (χ0n) is 13.4. The molecule has 126 valence electrons. The summed E-state index contributed by atoms with van der Waals surface area (Å²) in [6.45, 7) is 0.871. The Balaban J connectivity index is 1.32. The summed E-state index contributed by atoms with van der Waals surface area (Å²) in [7, 11) is 1.80. The molecule has 2 aliphatic heterocycles. The molecule has 6 heteroatoms. The fourth-order valence-corrected chi connectivity index (χ4v) is 4.01. The second-order valence-electron chi connectivity index (χ2n) is 6.02. The molecule has 3 atom stereocenters. The maximum atomic E-state index is 12.8. The summed E-state index contributed by atoms with van der Waals surface area (Å²) in [4.78, 5) is 5.40. The Morgan fingerprint density at radius 1 is 1.35 bits per heavy atom. The molecule has 0 radical (unpaired) electrons. The van der Waals surface area contributed by atoms with Gasteiger partial charge in [0.25, 0.3) is 0 Å². The number of hydrogen-bond acceptors (Lipinski definition) is 3. The summed E-state index contributed by atoms with van der Waals surface area (Å²) >= 11 is 1.74. The van der Waals surface area contributed by atoms with Crippen LogP contribution in [0.2, 0.25) is 0 Å². The van der Waals surface area contributed by atoms with Crippen LogP contribution in [0.5, 0.6) is 0 Å². The molecule has 0 spiro atoms. The molecule has 2 bridgehead atoms. The third-order valence-corrected chi connectivity index (χ3v) is 5.45. The van der Waals surface area contributed by atoms with Crippen molar-refractivity contribution in [3.05, 3.63) is 30.1 Å². The Kier molecular flexibility index (Phi) is 5.78. The van der Waals surface area contributed by atoms with Crippen LogP contribution in [0.25, 0.3) is 0 Å². The maximum Gasteiger partial charge on any atom is 0.191 e. The van der Waals surface area contributed by atoms with Gasteiger partial charge in [-0.3, -0.25) is 4.99 Å². The topological polar surface area (TPSA) is 45.7 Å². The average Bonchev–Trinajstić information content (AvgIpc) is 3.18. The molecule has 2 fully saturated rings. The molecule has 1 aromatic rings. The predicted molar refractivity (Wildman–Crippen MR) is 92.5 cm³/mol. The van der Waals surface area contributed by atoms with E-state index in [4.69, 9.17) is 4.74 Å². The van der Waals surface area contributed by atoms with E-state index in [2.05, 4.69) is 15.6 Å². The minimum atomic E-state index is -0.185. The van der Waals surface area contributed by atoms with Crippen LogP contribution in [0.3, 0.4) is 0 Å². The van der Waals surface area contributed by atoms with Crippen LogP contribution in [-0.2, 0) is 4.74 Å². The highest BCUT2D eigenvalue weighted by Gasteiger charge is 2.41. The van der Waals surface area contributed by atoms with Crippen LogP contribution in [0, 0.1) is 5.82 Å². The number of ether oxygens (including phenoxy) is 1. The van der Waals surface area contributed by atoms with E-state index in [1.54, 1.807) is 18.8 Å². The number of aliphatic imine (C=N–C) groups is 1. The zero-order chi connectivity index (χ0) is 16.1. The first-order valence-corrected chi connectivity index (χ1v) is 9.24. The van der Waals surface area contributed by atoms with Crippen molar-refractivity contribution < 1.29 is 9.13 Å². The van der Waals surface area contributed by atoms with Gasteiger partial charge in [0.2, 0.25) is 0 Å². The van der Waals surface area contributed by atoms with Gasteiger partial charge in [-0.15, -0.1) is 11.8 Å². The highest BCUT2D eigenvalue weighted by Crippen LogP contribution is 2.34. The lowest BCUT2D eigenvalue weighted by Gasteiger charge is -2.22. The number of halogens is 1. The largest absolute Gasteiger partial charge is 0.373 e. The van der Waals surface area contributed by atoms with Crippen molar-refractivity contribution in [1.29, 1.82) is 0 Å². The fourth-order valence-electron chi connectivity index (χ4n) is 3.16. The van der Waals surface area contributed by atoms with Gasteiger partial charge < -0.3 is 15.4 Å². The van der Waals surface area contributed by atoms with Crippen molar-refractivity contribution in [2.24, 2.45) is 4.99 Å². The van der Waals surface area contributed by atoms with E-state index in [0.717, 1.165) is 42.4 Å². The summed E-state index contributed by atoms with van der Waals surface area (Å²) in [5, 5.41) is 6.84. The van der Waals surface area contributed by atoms with Gasteiger partial charge in [0.1, 0.15) is 5.82 Å². The smallest absolute Gasteiger partial charge is 0.191 e. The van der Waals surface area contributed by atoms with E-state index >= 15 is 0 Å². The molecule has 3 unspecified atom stereocenters. The number of rotatable bonds is 6. The summed E-state index contributed by atoms with van der Waals surface area (Å²) in [6, 6.07) is 7.05. The number of thioether (sulfide) groups is 1. The monoisotopic (exact) mass is 337 g/mol.